The lowest BCUT2D eigenvalue weighted by Gasteiger charge is -2.23. The Morgan fingerprint density at radius 1 is 1.23 bits per heavy atom. The van der Waals surface area contributed by atoms with Crippen molar-refractivity contribution in [1.82, 2.24) is 4.90 Å². The third-order valence-corrected chi connectivity index (χ3v) is 2.42. The minimum atomic E-state index is 0.362. The zero-order chi connectivity index (χ0) is 9.68. The maximum Gasteiger partial charge on any atom is 0.0621 e. The zero-order valence-electron chi connectivity index (χ0n) is 8.96. The molecule has 1 aliphatic heterocycles. The summed E-state index contributed by atoms with van der Waals surface area (Å²) in [7, 11) is 0. The van der Waals surface area contributed by atoms with Crippen LogP contribution in [0.25, 0.3) is 0 Å². The van der Waals surface area contributed by atoms with Crippen LogP contribution in [0, 0.1) is 12.8 Å². The molecule has 2 nitrogen and oxygen atoms in total. The van der Waals surface area contributed by atoms with Crippen molar-refractivity contribution in [1.29, 1.82) is 0 Å². The highest BCUT2D eigenvalue weighted by Gasteiger charge is 2.17. The number of hydrogen-bond donors (Lipinski definition) is 0. The smallest absolute Gasteiger partial charge is 0.0621 e. The van der Waals surface area contributed by atoms with Crippen molar-refractivity contribution < 1.29 is 4.74 Å². The third kappa shape index (κ3) is 4.10. The maximum atomic E-state index is 5.57. The summed E-state index contributed by atoms with van der Waals surface area (Å²) < 4.78 is 5.57. The Labute approximate surface area is 82.3 Å². The normalized spacial score (nSPS) is 21.2. The van der Waals surface area contributed by atoms with E-state index in [0.717, 1.165) is 13.2 Å². The van der Waals surface area contributed by atoms with E-state index in [4.69, 9.17) is 4.74 Å². The van der Waals surface area contributed by atoms with Crippen molar-refractivity contribution in [3.05, 3.63) is 6.92 Å². The first-order chi connectivity index (χ1) is 6.20. The van der Waals surface area contributed by atoms with E-state index in [0.29, 0.717) is 12.0 Å². The second-order valence-electron chi connectivity index (χ2n) is 4.33. The summed E-state index contributed by atoms with van der Waals surface area (Å²) in [5, 5.41) is 0. The Morgan fingerprint density at radius 2 is 1.85 bits per heavy atom. The summed E-state index contributed by atoms with van der Waals surface area (Å²) in [5.74, 6) is 0.630. The van der Waals surface area contributed by atoms with Gasteiger partial charge in [-0.05, 0) is 38.8 Å². The van der Waals surface area contributed by atoms with Gasteiger partial charge in [-0.15, -0.1) is 0 Å². The maximum absolute atomic E-state index is 5.57. The predicted octanol–water partition coefficient (Wildman–Crippen LogP) is 1.96. The SMILES string of the molecule is [CH2]C(COCC(C)C)N1CCCC1. The van der Waals surface area contributed by atoms with Crippen molar-refractivity contribution in [2.45, 2.75) is 32.7 Å². The second kappa shape index (κ2) is 5.61. The number of ether oxygens (including phenoxy) is 1. The molecular weight excluding hydrogens is 162 g/mol. The average Bonchev–Trinajstić information content (AvgIpc) is 2.55. The molecule has 0 amide bonds. The lowest BCUT2D eigenvalue weighted by Crippen LogP contribution is -2.34. The fourth-order valence-corrected chi connectivity index (χ4v) is 1.65. The molecule has 1 radical (unpaired) electrons. The van der Waals surface area contributed by atoms with Gasteiger partial charge in [0.1, 0.15) is 0 Å². The molecule has 1 heterocycles. The fraction of sp³-hybridized carbons (Fsp3) is 0.909. The molecule has 0 aromatic carbocycles. The molecule has 1 unspecified atom stereocenters. The van der Waals surface area contributed by atoms with Crippen molar-refractivity contribution in [2.75, 3.05) is 26.3 Å². The van der Waals surface area contributed by atoms with Crippen LogP contribution in [0.5, 0.6) is 0 Å². The first kappa shape index (κ1) is 11.0. The highest BCUT2D eigenvalue weighted by Crippen LogP contribution is 2.11. The highest BCUT2D eigenvalue weighted by molar-refractivity contribution is 4.77. The van der Waals surface area contributed by atoms with Gasteiger partial charge >= 0.3 is 0 Å². The molecule has 0 N–H and O–H groups in total. The van der Waals surface area contributed by atoms with E-state index in [1.54, 1.807) is 0 Å². The molecule has 0 saturated carbocycles. The quantitative estimate of drug-likeness (QED) is 0.647. The number of hydrogen-bond acceptors (Lipinski definition) is 2. The van der Waals surface area contributed by atoms with E-state index in [1.807, 2.05) is 0 Å². The Morgan fingerprint density at radius 3 is 2.38 bits per heavy atom. The van der Waals surface area contributed by atoms with Crippen molar-refractivity contribution >= 4 is 0 Å². The Bertz CT molecular complexity index is 130. The first-order valence-corrected chi connectivity index (χ1v) is 5.35. The summed E-state index contributed by atoms with van der Waals surface area (Å²) >= 11 is 0. The molecular formula is C11H22NO. The van der Waals surface area contributed by atoms with Crippen molar-refractivity contribution in [3.63, 3.8) is 0 Å². The fourth-order valence-electron chi connectivity index (χ4n) is 1.65. The van der Waals surface area contributed by atoms with Crippen LogP contribution in [0.3, 0.4) is 0 Å². The van der Waals surface area contributed by atoms with E-state index < -0.39 is 0 Å². The van der Waals surface area contributed by atoms with Gasteiger partial charge in [0, 0.05) is 12.6 Å². The van der Waals surface area contributed by atoms with Crippen LogP contribution in [0.2, 0.25) is 0 Å². The summed E-state index contributed by atoms with van der Waals surface area (Å²) in [6, 6.07) is 0.362. The molecule has 1 aliphatic rings. The Hall–Kier alpha value is -0.0800. The van der Waals surface area contributed by atoms with E-state index in [-0.39, 0.29) is 0 Å². The molecule has 0 aliphatic carbocycles. The molecule has 1 rings (SSSR count). The molecule has 0 aromatic rings. The van der Waals surface area contributed by atoms with E-state index in [2.05, 4.69) is 25.7 Å². The van der Waals surface area contributed by atoms with Gasteiger partial charge in [0.25, 0.3) is 0 Å². The van der Waals surface area contributed by atoms with E-state index >= 15 is 0 Å². The van der Waals surface area contributed by atoms with Crippen LogP contribution in [0.4, 0.5) is 0 Å². The third-order valence-electron chi connectivity index (χ3n) is 2.42. The monoisotopic (exact) mass is 184 g/mol. The predicted molar refractivity (Wildman–Crippen MR) is 55.6 cm³/mol. The molecule has 13 heavy (non-hydrogen) atoms. The van der Waals surface area contributed by atoms with Crippen LogP contribution in [0.15, 0.2) is 0 Å². The van der Waals surface area contributed by atoms with Gasteiger partial charge in [-0.3, -0.25) is 4.90 Å². The molecule has 2 heteroatoms. The molecule has 0 spiro atoms. The van der Waals surface area contributed by atoms with Gasteiger partial charge in [-0.2, -0.15) is 0 Å². The first-order valence-electron chi connectivity index (χ1n) is 5.35. The number of nitrogens with zero attached hydrogens (tertiary/aromatic N) is 1. The zero-order valence-corrected chi connectivity index (χ0v) is 8.96. The van der Waals surface area contributed by atoms with Gasteiger partial charge in [-0.1, -0.05) is 13.8 Å². The van der Waals surface area contributed by atoms with Crippen LogP contribution in [-0.2, 0) is 4.74 Å². The Balaban J connectivity index is 2.06. The topological polar surface area (TPSA) is 12.5 Å². The lowest BCUT2D eigenvalue weighted by molar-refractivity contribution is 0.0691. The standard InChI is InChI=1S/C11H22NO/c1-10(2)8-13-9-11(3)12-6-4-5-7-12/h10-11H,3-9H2,1-2H3. The summed E-state index contributed by atoms with van der Waals surface area (Å²) in [6.07, 6.45) is 2.66. The summed E-state index contributed by atoms with van der Waals surface area (Å²) in [4.78, 5) is 2.42. The van der Waals surface area contributed by atoms with Crippen molar-refractivity contribution in [3.8, 4) is 0 Å². The number of likely N-dealkylation sites (tertiary alicyclic amines) is 1. The minimum absolute atomic E-state index is 0.362. The highest BCUT2D eigenvalue weighted by atomic mass is 16.5. The average molecular weight is 184 g/mol. The minimum Gasteiger partial charge on any atom is -0.380 e. The van der Waals surface area contributed by atoms with Crippen molar-refractivity contribution in [2.24, 2.45) is 5.92 Å². The lowest BCUT2D eigenvalue weighted by atomic mass is 10.2. The molecule has 1 saturated heterocycles. The molecule has 0 aromatic heterocycles. The van der Waals surface area contributed by atoms with Crippen LogP contribution in [0.1, 0.15) is 26.7 Å². The van der Waals surface area contributed by atoms with Gasteiger partial charge in [0.05, 0.1) is 6.61 Å². The van der Waals surface area contributed by atoms with Gasteiger partial charge < -0.3 is 4.74 Å². The molecule has 77 valence electrons. The molecule has 0 bridgehead atoms. The van der Waals surface area contributed by atoms with Crippen LogP contribution < -0.4 is 0 Å². The summed E-state index contributed by atoms with van der Waals surface area (Å²) in [5.41, 5.74) is 0. The molecule has 1 atom stereocenters. The van der Waals surface area contributed by atoms with Crippen LogP contribution in [-0.4, -0.2) is 37.2 Å². The van der Waals surface area contributed by atoms with Gasteiger partial charge in [-0.25, -0.2) is 0 Å². The molecule has 1 fully saturated rings. The largest absolute Gasteiger partial charge is 0.380 e. The van der Waals surface area contributed by atoms with Gasteiger partial charge in [0.2, 0.25) is 0 Å². The van der Waals surface area contributed by atoms with E-state index in [1.165, 1.54) is 25.9 Å². The summed E-state index contributed by atoms with van der Waals surface area (Å²) in [6.45, 7) is 12.5. The number of rotatable bonds is 5. The Kier molecular flexibility index (Phi) is 4.74. The van der Waals surface area contributed by atoms with Crippen LogP contribution >= 0.6 is 0 Å². The second-order valence-corrected chi connectivity index (χ2v) is 4.33. The van der Waals surface area contributed by atoms with Gasteiger partial charge in [0.15, 0.2) is 0 Å². The van der Waals surface area contributed by atoms with E-state index in [9.17, 15) is 0 Å².